The molecule has 0 radical (unpaired) electrons. The number of carbonyl (C=O) groups is 1. The highest BCUT2D eigenvalue weighted by atomic mass is 32.2. The van der Waals surface area contributed by atoms with E-state index in [4.69, 9.17) is 4.74 Å². The molecule has 136 valence electrons. The number of methoxy groups -OCH3 is 1. The van der Waals surface area contributed by atoms with Gasteiger partial charge in [-0.25, -0.2) is 0 Å². The smallest absolute Gasteiger partial charge is 0.234 e. The van der Waals surface area contributed by atoms with E-state index in [0.717, 1.165) is 22.1 Å². The Kier molecular flexibility index (Phi) is 4.68. The minimum absolute atomic E-state index is 0.124. The van der Waals surface area contributed by atoms with Crippen molar-refractivity contribution in [1.29, 1.82) is 0 Å². The number of amides is 1. The number of aryl methyl sites for hydroxylation is 1. The van der Waals surface area contributed by atoms with Crippen molar-refractivity contribution in [1.82, 2.24) is 14.6 Å². The Labute approximate surface area is 160 Å². The maximum absolute atomic E-state index is 12.4. The first-order chi connectivity index (χ1) is 13.2. The van der Waals surface area contributed by atoms with E-state index in [2.05, 4.69) is 15.5 Å². The molecule has 0 saturated carbocycles. The monoisotopic (exact) mass is 378 g/mol. The standard InChI is InChI=1S/C20H18N4O2S/c1-13-7-9-17(26-2)15(11-13)21-19(25)12-27-20-23-22-18-10-8-14-5-3-4-6-16(14)24(18)20/h3-11H,12H2,1-2H3,(H,21,25). The van der Waals surface area contributed by atoms with Crippen LogP contribution >= 0.6 is 11.8 Å². The zero-order valence-corrected chi connectivity index (χ0v) is 15.8. The van der Waals surface area contributed by atoms with Gasteiger partial charge in [0, 0.05) is 0 Å². The molecule has 2 heterocycles. The highest BCUT2D eigenvalue weighted by Crippen LogP contribution is 2.26. The summed E-state index contributed by atoms with van der Waals surface area (Å²) in [6, 6.07) is 17.7. The van der Waals surface area contributed by atoms with Gasteiger partial charge in [0.1, 0.15) is 5.75 Å². The molecule has 7 heteroatoms. The molecule has 2 aromatic carbocycles. The number of carbonyl (C=O) groups excluding carboxylic acids is 1. The van der Waals surface area contributed by atoms with Crippen LogP contribution in [0, 0.1) is 6.92 Å². The molecular formula is C20H18N4O2S. The molecule has 0 saturated heterocycles. The van der Waals surface area contributed by atoms with E-state index in [1.165, 1.54) is 11.8 Å². The maximum Gasteiger partial charge on any atom is 0.234 e. The van der Waals surface area contributed by atoms with Gasteiger partial charge in [-0.1, -0.05) is 36.0 Å². The Morgan fingerprint density at radius 3 is 2.85 bits per heavy atom. The van der Waals surface area contributed by atoms with Crippen LogP contribution in [0.1, 0.15) is 5.56 Å². The number of hydrogen-bond acceptors (Lipinski definition) is 5. The number of hydrogen-bond donors (Lipinski definition) is 1. The van der Waals surface area contributed by atoms with E-state index >= 15 is 0 Å². The van der Waals surface area contributed by atoms with E-state index in [0.29, 0.717) is 16.6 Å². The molecule has 0 fully saturated rings. The third-order valence-corrected chi connectivity index (χ3v) is 5.14. The van der Waals surface area contributed by atoms with Crippen LogP contribution in [0.5, 0.6) is 5.75 Å². The van der Waals surface area contributed by atoms with Gasteiger partial charge >= 0.3 is 0 Å². The lowest BCUT2D eigenvalue weighted by Crippen LogP contribution is -2.15. The summed E-state index contributed by atoms with van der Waals surface area (Å²) in [7, 11) is 1.59. The minimum Gasteiger partial charge on any atom is -0.495 e. The summed E-state index contributed by atoms with van der Waals surface area (Å²) in [4.78, 5) is 12.4. The number of rotatable bonds is 5. The van der Waals surface area contributed by atoms with Crippen LogP contribution in [0.25, 0.3) is 16.6 Å². The van der Waals surface area contributed by atoms with Crippen molar-refractivity contribution >= 4 is 39.9 Å². The average molecular weight is 378 g/mol. The highest BCUT2D eigenvalue weighted by Gasteiger charge is 2.13. The fourth-order valence-electron chi connectivity index (χ4n) is 2.94. The molecule has 27 heavy (non-hydrogen) atoms. The molecule has 1 N–H and O–H groups in total. The van der Waals surface area contributed by atoms with Crippen LogP contribution in [0.3, 0.4) is 0 Å². The second-order valence-corrected chi connectivity index (χ2v) is 7.05. The van der Waals surface area contributed by atoms with E-state index in [-0.39, 0.29) is 11.7 Å². The third-order valence-electron chi connectivity index (χ3n) is 4.21. The highest BCUT2D eigenvalue weighted by molar-refractivity contribution is 7.99. The lowest BCUT2D eigenvalue weighted by Gasteiger charge is -2.10. The van der Waals surface area contributed by atoms with Gasteiger partial charge in [-0.15, -0.1) is 10.2 Å². The van der Waals surface area contributed by atoms with Gasteiger partial charge in [-0.3, -0.25) is 9.20 Å². The van der Waals surface area contributed by atoms with Crippen LogP contribution in [-0.4, -0.2) is 33.4 Å². The molecule has 4 aromatic rings. The number of fused-ring (bicyclic) bond motifs is 3. The number of nitrogens with zero attached hydrogens (tertiary/aromatic N) is 3. The van der Waals surface area contributed by atoms with Gasteiger partial charge in [0.05, 0.1) is 24.1 Å². The van der Waals surface area contributed by atoms with Crippen molar-refractivity contribution in [2.24, 2.45) is 0 Å². The number of benzene rings is 2. The van der Waals surface area contributed by atoms with Crippen molar-refractivity contribution in [3.63, 3.8) is 0 Å². The van der Waals surface area contributed by atoms with Crippen LogP contribution in [0.2, 0.25) is 0 Å². The molecule has 1 amide bonds. The lowest BCUT2D eigenvalue weighted by atomic mass is 10.2. The Morgan fingerprint density at radius 1 is 1.15 bits per heavy atom. The first-order valence-electron chi connectivity index (χ1n) is 8.46. The number of nitrogens with one attached hydrogen (secondary N) is 1. The van der Waals surface area contributed by atoms with Gasteiger partial charge < -0.3 is 10.1 Å². The summed E-state index contributed by atoms with van der Waals surface area (Å²) in [6.45, 7) is 1.97. The zero-order valence-electron chi connectivity index (χ0n) is 15.0. The van der Waals surface area contributed by atoms with Crippen molar-refractivity contribution in [3.8, 4) is 5.75 Å². The number of ether oxygens (including phenoxy) is 1. The summed E-state index contributed by atoms with van der Waals surface area (Å²) in [6.07, 6.45) is 0. The first kappa shape index (κ1) is 17.4. The van der Waals surface area contributed by atoms with Crippen LogP contribution < -0.4 is 10.1 Å². The number of anilines is 1. The summed E-state index contributed by atoms with van der Waals surface area (Å²) in [5.74, 6) is 0.736. The molecule has 0 aliphatic carbocycles. The fraction of sp³-hybridized carbons (Fsp3) is 0.150. The predicted molar refractivity (Wildman–Crippen MR) is 108 cm³/mol. The van der Waals surface area contributed by atoms with Crippen molar-refractivity contribution in [2.45, 2.75) is 12.1 Å². The number of para-hydroxylation sites is 1. The quantitative estimate of drug-likeness (QED) is 0.533. The Hall–Kier alpha value is -3.06. The molecule has 0 atom stereocenters. The lowest BCUT2D eigenvalue weighted by molar-refractivity contribution is -0.113. The fourth-order valence-corrected chi connectivity index (χ4v) is 3.69. The van der Waals surface area contributed by atoms with Crippen molar-refractivity contribution in [3.05, 3.63) is 60.2 Å². The van der Waals surface area contributed by atoms with E-state index < -0.39 is 0 Å². The van der Waals surface area contributed by atoms with Crippen LogP contribution in [0.15, 0.2) is 59.8 Å². The number of aromatic nitrogens is 3. The van der Waals surface area contributed by atoms with Gasteiger partial charge in [0.15, 0.2) is 10.8 Å². The van der Waals surface area contributed by atoms with Gasteiger partial charge in [0.2, 0.25) is 5.91 Å². The molecule has 0 aliphatic rings. The van der Waals surface area contributed by atoms with Crippen LogP contribution in [0.4, 0.5) is 5.69 Å². The molecule has 0 bridgehead atoms. The molecule has 2 aromatic heterocycles. The largest absolute Gasteiger partial charge is 0.495 e. The Morgan fingerprint density at radius 2 is 2.00 bits per heavy atom. The second kappa shape index (κ2) is 7.28. The molecular weight excluding hydrogens is 360 g/mol. The maximum atomic E-state index is 12.4. The molecule has 6 nitrogen and oxygen atoms in total. The third kappa shape index (κ3) is 3.46. The molecule has 0 aliphatic heterocycles. The average Bonchev–Trinajstić information content (AvgIpc) is 3.10. The minimum atomic E-state index is -0.124. The number of pyridine rings is 1. The second-order valence-electron chi connectivity index (χ2n) is 6.11. The van der Waals surface area contributed by atoms with Gasteiger partial charge in [-0.2, -0.15) is 0 Å². The summed E-state index contributed by atoms with van der Waals surface area (Å²) in [5, 5.41) is 13.1. The summed E-state index contributed by atoms with van der Waals surface area (Å²) in [5.41, 5.74) is 3.49. The molecule has 0 unspecified atom stereocenters. The van der Waals surface area contributed by atoms with Crippen molar-refractivity contribution in [2.75, 3.05) is 18.2 Å². The zero-order chi connectivity index (χ0) is 18.8. The molecule has 4 rings (SSSR count). The van der Waals surface area contributed by atoms with Gasteiger partial charge in [0.25, 0.3) is 0 Å². The molecule has 0 spiro atoms. The normalized spacial score (nSPS) is 11.0. The Bertz CT molecular complexity index is 1140. The predicted octanol–water partition coefficient (Wildman–Crippen LogP) is 3.93. The summed E-state index contributed by atoms with van der Waals surface area (Å²) < 4.78 is 7.28. The summed E-state index contributed by atoms with van der Waals surface area (Å²) >= 11 is 1.35. The van der Waals surface area contributed by atoms with E-state index in [1.807, 2.05) is 65.9 Å². The van der Waals surface area contributed by atoms with E-state index in [1.54, 1.807) is 7.11 Å². The van der Waals surface area contributed by atoms with E-state index in [9.17, 15) is 4.79 Å². The number of thioether (sulfide) groups is 1. The SMILES string of the molecule is COc1ccc(C)cc1NC(=O)CSc1nnc2ccc3ccccc3n12. The van der Waals surface area contributed by atoms with Crippen LogP contribution in [-0.2, 0) is 4.79 Å². The Balaban J connectivity index is 1.55. The van der Waals surface area contributed by atoms with Crippen molar-refractivity contribution < 1.29 is 9.53 Å². The first-order valence-corrected chi connectivity index (χ1v) is 9.44. The van der Waals surface area contributed by atoms with Gasteiger partial charge in [-0.05, 0) is 48.2 Å². The topological polar surface area (TPSA) is 68.5 Å².